The van der Waals surface area contributed by atoms with Crippen molar-refractivity contribution in [1.29, 1.82) is 0 Å². The van der Waals surface area contributed by atoms with Crippen molar-refractivity contribution in [3.8, 4) is 11.3 Å². The predicted molar refractivity (Wildman–Crippen MR) is 129 cm³/mol. The summed E-state index contributed by atoms with van der Waals surface area (Å²) in [4.78, 5) is 7.51. The molecule has 0 fully saturated rings. The monoisotopic (exact) mass is 506 g/mol. The van der Waals surface area contributed by atoms with Crippen LogP contribution in [0.2, 0.25) is 0 Å². The average molecular weight is 508 g/mol. The number of likely N-dealkylation sites (N-methyl/N-ethyl adjacent to an activating group) is 1. The van der Waals surface area contributed by atoms with Gasteiger partial charge in [0.1, 0.15) is 0 Å². The van der Waals surface area contributed by atoms with E-state index in [1.165, 1.54) is 22.3 Å². The zero-order valence-electron chi connectivity index (χ0n) is 16.6. The maximum atomic E-state index is 5.06. The van der Waals surface area contributed by atoms with Crippen molar-refractivity contribution in [1.82, 2.24) is 18.9 Å². The van der Waals surface area contributed by atoms with Crippen LogP contribution in [0, 0.1) is 6.92 Å². The Bertz CT molecular complexity index is 1030. The number of nitrogens with zero attached hydrogens (tertiary/aromatic N) is 4. The summed E-state index contributed by atoms with van der Waals surface area (Å²) in [6.07, 6.45) is 0. The van der Waals surface area contributed by atoms with Crippen LogP contribution in [-0.4, -0.2) is 38.5 Å². The van der Waals surface area contributed by atoms with E-state index in [2.05, 4.69) is 83.2 Å². The summed E-state index contributed by atoms with van der Waals surface area (Å²) in [6, 6.07) is 19.1. The van der Waals surface area contributed by atoms with Crippen LogP contribution in [0.1, 0.15) is 19.5 Å². The maximum absolute atomic E-state index is 5.06. The molecule has 0 aliphatic heterocycles. The van der Waals surface area contributed by atoms with Gasteiger partial charge in [-0.1, -0.05) is 56.3 Å². The van der Waals surface area contributed by atoms with E-state index >= 15 is 0 Å². The van der Waals surface area contributed by atoms with Crippen LogP contribution in [0.15, 0.2) is 54.6 Å². The molecular weight excluding hydrogens is 480 g/mol. The first kappa shape index (κ1) is 22.7. The highest BCUT2D eigenvalue weighted by Crippen LogP contribution is 2.29. The van der Waals surface area contributed by atoms with Gasteiger partial charge in [-0.15, -0.1) is 34.0 Å². The van der Waals surface area contributed by atoms with Crippen LogP contribution < -0.4 is 0 Å². The number of benzene rings is 2. The van der Waals surface area contributed by atoms with Gasteiger partial charge in [0, 0.05) is 24.3 Å². The summed E-state index contributed by atoms with van der Waals surface area (Å²) in [5.41, 5.74) is 5.93. The number of rotatable bonds is 6. The van der Waals surface area contributed by atoms with Gasteiger partial charge in [-0.25, -0.2) is 4.98 Å². The summed E-state index contributed by atoms with van der Waals surface area (Å²) in [5.74, 6) is 1.04. The van der Waals surface area contributed by atoms with Crippen LogP contribution in [0.5, 0.6) is 0 Å². The Morgan fingerprint density at radius 2 is 1.46 bits per heavy atom. The number of hydrogen-bond donors (Lipinski definition) is 0. The summed E-state index contributed by atoms with van der Waals surface area (Å²) in [6.45, 7) is 10.8. The molecule has 0 saturated carbocycles. The van der Waals surface area contributed by atoms with Crippen molar-refractivity contribution >= 4 is 50.8 Å². The average Bonchev–Trinajstić information content (AvgIpc) is 3.18. The van der Waals surface area contributed by atoms with Crippen LogP contribution in [0.4, 0.5) is 0 Å². The molecule has 2 aromatic carbocycles. The fourth-order valence-corrected chi connectivity index (χ4v) is 3.82. The summed E-state index contributed by atoms with van der Waals surface area (Å²) in [5, 5.41) is 0. The SMILES string of the molecule is Br.Br.CCN(CC)CCn1c2ccccc2n2c(C)c(-c3ccccc3)nc12. The molecular formula is C22H28Br2N4. The summed E-state index contributed by atoms with van der Waals surface area (Å²) >= 11 is 0. The summed E-state index contributed by atoms with van der Waals surface area (Å²) < 4.78 is 4.67. The zero-order chi connectivity index (χ0) is 18.1. The number of para-hydroxylation sites is 2. The number of halogens is 2. The third-order valence-electron chi connectivity index (χ3n) is 5.33. The second-order valence-corrected chi connectivity index (χ2v) is 6.71. The fraction of sp³-hybridized carbons (Fsp3) is 0.318. The van der Waals surface area contributed by atoms with Gasteiger partial charge in [0.25, 0.3) is 0 Å². The Kier molecular flexibility index (Phi) is 7.87. The molecule has 4 nitrogen and oxygen atoms in total. The smallest absolute Gasteiger partial charge is 0.215 e. The van der Waals surface area contributed by atoms with E-state index in [1.54, 1.807) is 0 Å². The van der Waals surface area contributed by atoms with Crippen molar-refractivity contribution in [3.05, 3.63) is 60.3 Å². The Balaban J connectivity index is 0.00000140. The van der Waals surface area contributed by atoms with Crippen molar-refractivity contribution in [3.63, 3.8) is 0 Å². The van der Waals surface area contributed by atoms with E-state index in [4.69, 9.17) is 4.98 Å². The van der Waals surface area contributed by atoms with Crippen LogP contribution in [-0.2, 0) is 6.54 Å². The molecule has 0 aliphatic carbocycles. The third kappa shape index (κ3) is 3.91. The highest BCUT2D eigenvalue weighted by Gasteiger charge is 2.18. The van der Waals surface area contributed by atoms with E-state index < -0.39 is 0 Å². The van der Waals surface area contributed by atoms with Gasteiger partial charge in [0.05, 0.1) is 16.7 Å². The number of aromatic nitrogens is 3. The quantitative estimate of drug-likeness (QED) is 0.331. The molecule has 4 aromatic rings. The Morgan fingerprint density at radius 1 is 0.857 bits per heavy atom. The van der Waals surface area contributed by atoms with Gasteiger partial charge >= 0.3 is 0 Å². The molecule has 6 heteroatoms. The second-order valence-electron chi connectivity index (χ2n) is 6.71. The highest BCUT2D eigenvalue weighted by molar-refractivity contribution is 8.93. The Morgan fingerprint density at radius 3 is 2.11 bits per heavy atom. The molecule has 0 atom stereocenters. The Labute approximate surface area is 187 Å². The lowest BCUT2D eigenvalue weighted by Crippen LogP contribution is -2.27. The van der Waals surface area contributed by atoms with Crippen LogP contribution >= 0.6 is 34.0 Å². The lowest BCUT2D eigenvalue weighted by atomic mass is 10.1. The van der Waals surface area contributed by atoms with Gasteiger partial charge in [-0.2, -0.15) is 0 Å². The van der Waals surface area contributed by atoms with Crippen molar-refractivity contribution in [2.45, 2.75) is 27.3 Å². The Hall–Kier alpha value is -1.63. The van der Waals surface area contributed by atoms with Gasteiger partial charge in [-0.05, 0) is 32.1 Å². The lowest BCUT2D eigenvalue weighted by molar-refractivity contribution is 0.293. The molecule has 0 radical (unpaired) electrons. The van der Waals surface area contributed by atoms with E-state index in [9.17, 15) is 0 Å². The number of fused-ring (bicyclic) bond motifs is 3. The minimum atomic E-state index is 0. The van der Waals surface area contributed by atoms with Crippen molar-refractivity contribution in [2.75, 3.05) is 19.6 Å². The standard InChI is InChI=1S/C22H26N4.2BrH/c1-4-24(5-2)15-16-25-19-13-9-10-14-20(19)26-17(3)21(23-22(25)26)18-11-7-6-8-12-18;;/h6-14H,4-5,15-16H2,1-3H3;2*1H. The van der Waals surface area contributed by atoms with E-state index in [-0.39, 0.29) is 34.0 Å². The number of hydrogen-bond acceptors (Lipinski definition) is 2. The minimum Gasteiger partial charge on any atom is -0.308 e. The minimum absolute atomic E-state index is 0. The highest BCUT2D eigenvalue weighted by atomic mass is 79.9. The van der Waals surface area contributed by atoms with Crippen molar-refractivity contribution < 1.29 is 0 Å². The molecule has 0 spiro atoms. The maximum Gasteiger partial charge on any atom is 0.215 e. The molecule has 0 bridgehead atoms. The number of imidazole rings is 2. The molecule has 2 heterocycles. The largest absolute Gasteiger partial charge is 0.308 e. The fourth-order valence-electron chi connectivity index (χ4n) is 3.82. The first-order chi connectivity index (χ1) is 12.7. The van der Waals surface area contributed by atoms with E-state index in [0.717, 1.165) is 37.7 Å². The van der Waals surface area contributed by atoms with Gasteiger partial charge < -0.3 is 9.47 Å². The topological polar surface area (TPSA) is 25.5 Å². The molecule has 150 valence electrons. The van der Waals surface area contributed by atoms with Gasteiger partial charge in [0.2, 0.25) is 5.78 Å². The summed E-state index contributed by atoms with van der Waals surface area (Å²) in [7, 11) is 0. The predicted octanol–water partition coefficient (Wildman–Crippen LogP) is 5.76. The normalized spacial score (nSPS) is 11.0. The van der Waals surface area contributed by atoms with Crippen LogP contribution in [0.25, 0.3) is 28.1 Å². The van der Waals surface area contributed by atoms with Gasteiger partial charge in [0.15, 0.2) is 0 Å². The zero-order valence-corrected chi connectivity index (χ0v) is 20.1. The van der Waals surface area contributed by atoms with Crippen LogP contribution in [0.3, 0.4) is 0 Å². The molecule has 0 aliphatic rings. The van der Waals surface area contributed by atoms with Crippen molar-refractivity contribution in [2.24, 2.45) is 0 Å². The van der Waals surface area contributed by atoms with E-state index in [1.807, 2.05) is 6.07 Å². The molecule has 2 aromatic heterocycles. The second kappa shape index (κ2) is 9.72. The molecule has 0 amide bonds. The number of aryl methyl sites for hydroxylation is 1. The first-order valence-corrected chi connectivity index (χ1v) is 9.48. The third-order valence-corrected chi connectivity index (χ3v) is 5.33. The molecule has 28 heavy (non-hydrogen) atoms. The van der Waals surface area contributed by atoms with E-state index in [0.29, 0.717) is 0 Å². The lowest BCUT2D eigenvalue weighted by Gasteiger charge is -2.18. The molecule has 4 rings (SSSR count). The first-order valence-electron chi connectivity index (χ1n) is 9.48. The van der Waals surface area contributed by atoms with Gasteiger partial charge in [-0.3, -0.25) is 4.40 Å². The molecule has 0 unspecified atom stereocenters. The molecule has 0 N–H and O–H groups in total. The molecule has 0 saturated heterocycles.